The van der Waals surface area contributed by atoms with Gasteiger partial charge >= 0.3 is 0 Å². The number of ether oxygens (including phenoxy) is 1. The highest BCUT2D eigenvalue weighted by Gasteiger charge is 2.07. The fourth-order valence-corrected chi connectivity index (χ4v) is 2.42. The van der Waals surface area contributed by atoms with Crippen LogP contribution in [0.3, 0.4) is 0 Å². The summed E-state index contributed by atoms with van der Waals surface area (Å²) in [4.78, 5) is 31.0. The molecule has 3 aromatic rings. The number of benzene rings is 1. The quantitative estimate of drug-likeness (QED) is 0.755. The van der Waals surface area contributed by atoms with Crippen molar-refractivity contribution >= 4 is 22.5 Å². The minimum atomic E-state index is -0.172. The lowest BCUT2D eigenvalue weighted by Gasteiger charge is -2.06. The lowest BCUT2D eigenvalue weighted by molar-refractivity contribution is -0.116. The number of carbonyl (C=O) groups excluding carboxylic acids is 1. The molecule has 0 aliphatic heterocycles. The van der Waals surface area contributed by atoms with Crippen molar-refractivity contribution in [1.29, 1.82) is 0 Å². The molecule has 0 aliphatic carbocycles. The maximum absolute atomic E-state index is 12.1. The third-order valence-corrected chi connectivity index (χ3v) is 3.68. The van der Waals surface area contributed by atoms with E-state index in [1.807, 2.05) is 30.3 Å². The predicted octanol–water partition coefficient (Wildman–Crippen LogP) is 2.50. The fraction of sp³-hybridized carbons (Fsp3) is 0.167. The molecular weight excluding hydrogens is 306 g/mol. The number of nitrogens with zero attached hydrogens (tertiary/aromatic N) is 1. The number of nitrogens with one attached hydrogen (secondary N) is 2. The van der Waals surface area contributed by atoms with E-state index in [1.54, 1.807) is 12.1 Å². The lowest BCUT2D eigenvalue weighted by Crippen LogP contribution is -2.17. The number of aryl methyl sites for hydroxylation is 1. The first-order valence-electron chi connectivity index (χ1n) is 7.56. The maximum atomic E-state index is 12.1. The molecule has 0 bridgehead atoms. The molecule has 0 saturated heterocycles. The number of amides is 1. The minimum absolute atomic E-state index is 0.160. The van der Waals surface area contributed by atoms with E-state index in [-0.39, 0.29) is 17.9 Å². The molecule has 0 fully saturated rings. The highest BCUT2D eigenvalue weighted by atomic mass is 16.5. The minimum Gasteiger partial charge on any atom is -0.481 e. The predicted molar refractivity (Wildman–Crippen MR) is 92.3 cm³/mol. The van der Waals surface area contributed by atoms with Crippen LogP contribution in [0, 0.1) is 0 Å². The van der Waals surface area contributed by atoms with E-state index in [0.29, 0.717) is 23.6 Å². The summed E-state index contributed by atoms with van der Waals surface area (Å²) in [5.41, 5.74) is 1.82. The van der Waals surface area contributed by atoms with Crippen molar-refractivity contribution < 1.29 is 9.53 Å². The zero-order chi connectivity index (χ0) is 16.9. The molecule has 0 aliphatic rings. The Morgan fingerprint density at radius 3 is 2.83 bits per heavy atom. The number of H-pyrrole nitrogens is 1. The van der Waals surface area contributed by atoms with Crippen molar-refractivity contribution in [1.82, 2.24) is 9.97 Å². The smallest absolute Gasteiger partial charge is 0.251 e. The molecule has 24 heavy (non-hydrogen) atoms. The highest BCUT2D eigenvalue weighted by Crippen LogP contribution is 2.13. The number of carbonyl (C=O) groups is 1. The van der Waals surface area contributed by atoms with E-state index in [9.17, 15) is 9.59 Å². The van der Waals surface area contributed by atoms with Gasteiger partial charge in [-0.05, 0) is 30.0 Å². The number of pyridine rings is 2. The number of rotatable bonds is 5. The van der Waals surface area contributed by atoms with E-state index in [2.05, 4.69) is 15.3 Å². The van der Waals surface area contributed by atoms with Crippen LogP contribution in [-0.4, -0.2) is 23.0 Å². The molecule has 6 nitrogen and oxygen atoms in total. The van der Waals surface area contributed by atoms with Crippen molar-refractivity contribution in [2.24, 2.45) is 0 Å². The number of fused-ring (bicyclic) bond motifs is 1. The number of hydrogen-bond donors (Lipinski definition) is 2. The zero-order valence-corrected chi connectivity index (χ0v) is 13.2. The highest BCUT2D eigenvalue weighted by molar-refractivity contribution is 5.90. The van der Waals surface area contributed by atoms with Gasteiger partial charge in [0, 0.05) is 23.6 Å². The summed E-state index contributed by atoms with van der Waals surface area (Å²) in [5.74, 6) is 0.310. The fourth-order valence-electron chi connectivity index (χ4n) is 2.42. The number of aromatic amines is 1. The van der Waals surface area contributed by atoms with Crippen LogP contribution in [0.2, 0.25) is 0 Å². The van der Waals surface area contributed by atoms with E-state index in [0.717, 1.165) is 10.9 Å². The van der Waals surface area contributed by atoms with Crippen LogP contribution in [0.15, 0.2) is 53.5 Å². The molecule has 0 saturated carbocycles. The molecule has 2 aromatic heterocycles. The van der Waals surface area contributed by atoms with Gasteiger partial charge in [-0.15, -0.1) is 0 Å². The van der Waals surface area contributed by atoms with Crippen molar-refractivity contribution in [3.8, 4) is 5.88 Å². The second-order valence-electron chi connectivity index (χ2n) is 5.35. The summed E-state index contributed by atoms with van der Waals surface area (Å²) in [6.07, 6.45) is 2.11. The van der Waals surface area contributed by atoms with Crippen LogP contribution in [0.25, 0.3) is 10.9 Å². The SMILES string of the molecule is COc1ccc(NC(=O)CCc2cc3ccccc3[nH]c2=O)cn1. The van der Waals surface area contributed by atoms with Crippen molar-refractivity contribution in [3.63, 3.8) is 0 Å². The van der Waals surface area contributed by atoms with Crippen molar-refractivity contribution in [3.05, 3.63) is 64.6 Å². The first-order valence-corrected chi connectivity index (χ1v) is 7.56. The van der Waals surface area contributed by atoms with E-state index >= 15 is 0 Å². The van der Waals surface area contributed by atoms with Gasteiger partial charge in [0.05, 0.1) is 19.0 Å². The second kappa shape index (κ2) is 6.95. The average molecular weight is 323 g/mol. The van der Waals surface area contributed by atoms with Gasteiger partial charge in [0.25, 0.3) is 5.56 Å². The molecule has 122 valence electrons. The Balaban J connectivity index is 1.65. The molecular formula is C18H17N3O3. The third kappa shape index (κ3) is 3.60. The molecule has 1 aromatic carbocycles. The summed E-state index contributed by atoms with van der Waals surface area (Å²) >= 11 is 0. The van der Waals surface area contributed by atoms with Gasteiger partial charge in [0.2, 0.25) is 11.8 Å². The summed E-state index contributed by atoms with van der Waals surface area (Å²) in [6.45, 7) is 0. The molecule has 0 atom stereocenters. The Hall–Kier alpha value is -3.15. The molecule has 0 radical (unpaired) electrons. The number of hydrogen-bond acceptors (Lipinski definition) is 4. The van der Waals surface area contributed by atoms with E-state index in [4.69, 9.17) is 4.74 Å². The lowest BCUT2D eigenvalue weighted by atomic mass is 10.1. The Morgan fingerprint density at radius 2 is 2.08 bits per heavy atom. The van der Waals surface area contributed by atoms with E-state index < -0.39 is 0 Å². The van der Waals surface area contributed by atoms with Crippen LogP contribution in [0.5, 0.6) is 5.88 Å². The Morgan fingerprint density at radius 1 is 1.25 bits per heavy atom. The number of anilines is 1. The van der Waals surface area contributed by atoms with Gasteiger partial charge in [-0.2, -0.15) is 0 Å². The Kier molecular flexibility index (Phi) is 4.56. The molecule has 0 spiro atoms. The topological polar surface area (TPSA) is 84.1 Å². The van der Waals surface area contributed by atoms with Crippen LogP contribution in [0.4, 0.5) is 5.69 Å². The van der Waals surface area contributed by atoms with E-state index in [1.165, 1.54) is 13.3 Å². The van der Waals surface area contributed by atoms with Crippen LogP contribution >= 0.6 is 0 Å². The number of aromatic nitrogens is 2. The molecule has 6 heteroatoms. The van der Waals surface area contributed by atoms with Crippen LogP contribution < -0.4 is 15.6 Å². The molecule has 2 N–H and O–H groups in total. The molecule has 2 heterocycles. The average Bonchev–Trinajstić information content (AvgIpc) is 2.60. The molecule has 0 unspecified atom stereocenters. The largest absolute Gasteiger partial charge is 0.481 e. The van der Waals surface area contributed by atoms with Crippen LogP contribution in [0.1, 0.15) is 12.0 Å². The summed E-state index contributed by atoms with van der Waals surface area (Å²) in [7, 11) is 1.53. The van der Waals surface area contributed by atoms with Gasteiger partial charge in [-0.1, -0.05) is 18.2 Å². The monoisotopic (exact) mass is 323 g/mol. The number of methoxy groups -OCH3 is 1. The van der Waals surface area contributed by atoms with Gasteiger partial charge in [-0.3, -0.25) is 9.59 Å². The molecule has 3 rings (SSSR count). The second-order valence-corrected chi connectivity index (χ2v) is 5.35. The summed E-state index contributed by atoms with van der Waals surface area (Å²) in [6, 6.07) is 12.8. The first-order chi connectivity index (χ1) is 11.7. The van der Waals surface area contributed by atoms with Gasteiger partial charge in [0.1, 0.15) is 0 Å². The maximum Gasteiger partial charge on any atom is 0.251 e. The Bertz CT molecular complexity index is 917. The molecule has 1 amide bonds. The first kappa shape index (κ1) is 15.7. The summed E-state index contributed by atoms with van der Waals surface area (Å²) in [5, 5.41) is 3.70. The van der Waals surface area contributed by atoms with Gasteiger partial charge in [-0.25, -0.2) is 4.98 Å². The van der Waals surface area contributed by atoms with Crippen molar-refractivity contribution in [2.75, 3.05) is 12.4 Å². The van der Waals surface area contributed by atoms with Crippen LogP contribution in [-0.2, 0) is 11.2 Å². The normalized spacial score (nSPS) is 10.5. The van der Waals surface area contributed by atoms with Gasteiger partial charge < -0.3 is 15.0 Å². The summed E-state index contributed by atoms with van der Waals surface area (Å²) < 4.78 is 4.97. The van der Waals surface area contributed by atoms with Gasteiger partial charge in [0.15, 0.2) is 0 Å². The number of para-hydroxylation sites is 1. The standard InChI is InChI=1S/C18H17N3O3/c1-24-17-9-7-14(11-19-17)20-16(22)8-6-13-10-12-4-2-3-5-15(12)21-18(13)23/h2-5,7,9-11H,6,8H2,1H3,(H,20,22)(H,21,23). The third-order valence-electron chi connectivity index (χ3n) is 3.68. The zero-order valence-electron chi connectivity index (χ0n) is 13.2. The van der Waals surface area contributed by atoms with Crippen molar-refractivity contribution in [2.45, 2.75) is 12.8 Å². The Labute approximate surface area is 138 Å².